The van der Waals surface area contributed by atoms with Crippen molar-refractivity contribution in [2.45, 2.75) is 90.5 Å². The summed E-state index contributed by atoms with van der Waals surface area (Å²) in [7, 11) is 0. The molecule has 23 heavy (non-hydrogen) atoms. The molecule has 0 spiro atoms. The fourth-order valence-electron chi connectivity index (χ4n) is 3.50. The van der Waals surface area contributed by atoms with Crippen LogP contribution in [0.5, 0.6) is 0 Å². The van der Waals surface area contributed by atoms with E-state index in [4.69, 9.17) is 9.47 Å². The third-order valence-electron chi connectivity index (χ3n) is 5.31. The highest BCUT2D eigenvalue weighted by atomic mass is 16.6. The molecule has 2 atom stereocenters. The molecule has 0 aliphatic heterocycles. The molecule has 2 saturated carbocycles. The summed E-state index contributed by atoms with van der Waals surface area (Å²) in [6.45, 7) is 13.8. The van der Waals surface area contributed by atoms with Crippen LogP contribution in [-0.4, -0.2) is 42.5 Å². The first-order chi connectivity index (χ1) is 10.6. The quantitative estimate of drug-likeness (QED) is 0.787. The number of carbonyl (C=O) groups is 1. The Morgan fingerprint density at radius 2 is 1.91 bits per heavy atom. The van der Waals surface area contributed by atoms with Crippen molar-refractivity contribution in [1.82, 2.24) is 10.6 Å². The van der Waals surface area contributed by atoms with Gasteiger partial charge in [0.25, 0.3) is 0 Å². The van der Waals surface area contributed by atoms with Crippen LogP contribution in [0.4, 0.5) is 4.79 Å². The van der Waals surface area contributed by atoms with Crippen molar-refractivity contribution < 1.29 is 14.3 Å². The third-order valence-corrected chi connectivity index (χ3v) is 5.31. The van der Waals surface area contributed by atoms with Crippen molar-refractivity contribution in [3.8, 4) is 0 Å². The van der Waals surface area contributed by atoms with Crippen LogP contribution < -0.4 is 10.6 Å². The predicted molar refractivity (Wildman–Crippen MR) is 91.6 cm³/mol. The Bertz CT molecular complexity index is 424. The maximum Gasteiger partial charge on any atom is 0.408 e. The summed E-state index contributed by atoms with van der Waals surface area (Å²) in [6.07, 6.45) is 4.26. The van der Waals surface area contributed by atoms with E-state index in [1.165, 1.54) is 0 Å². The smallest absolute Gasteiger partial charge is 0.408 e. The molecule has 0 aromatic heterocycles. The molecule has 0 heterocycles. The number of rotatable bonds is 6. The summed E-state index contributed by atoms with van der Waals surface area (Å²) in [6, 6.07) is 0.442. The average molecular weight is 326 g/mol. The fourth-order valence-corrected chi connectivity index (χ4v) is 3.50. The van der Waals surface area contributed by atoms with Gasteiger partial charge in [0.15, 0.2) is 0 Å². The number of amides is 1. The minimum absolute atomic E-state index is 0.144. The van der Waals surface area contributed by atoms with E-state index in [2.05, 4.69) is 24.5 Å². The van der Waals surface area contributed by atoms with Gasteiger partial charge in [0.1, 0.15) is 5.60 Å². The van der Waals surface area contributed by atoms with Crippen LogP contribution in [0, 0.1) is 5.41 Å². The van der Waals surface area contributed by atoms with Gasteiger partial charge in [-0.25, -0.2) is 4.79 Å². The molecule has 2 aliphatic rings. The summed E-state index contributed by atoms with van der Waals surface area (Å²) in [5.41, 5.74) is -0.453. The molecular formula is C18H34N2O3. The summed E-state index contributed by atoms with van der Waals surface area (Å²) < 4.78 is 11.2. The van der Waals surface area contributed by atoms with Crippen LogP contribution in [0.25, 0.3) is 0 Å². The number of ether oxygens (including phenoxy) is 2. The lowest BCUT2D eigenvalue weighted by Gasteiger charge is -2.53. The maximum atomic E-state index is 12.1. The van der Waals surface area contributed by atoms with Crippen molar-refractivity contribution in [2.75, 3.05) is 13.2 Å². The van der Waals surface area contributed by atoms with Gasteiger partial charge in [-0.3, -0.25) is 0 Å². The van der Waals surface area contributed by atoms with E-state index in [-0.39, 0.29) is 17.0 Å². The van der Waals surface area contributed by atoms with Crippen LogP contribution in [0.15, 0.2) is 0 Å². The van der Waals surface area contributed by atoms with Crippen molar-refractivity contribution in [1.29, 1.82) is 0 Å². The zero-order valence-electron chi connectivity index (χ0n) is 15.6. The highest BCUT2D eigenvalue weighted by Crippen LogP contribution is 2.43. The molecule has 1 amide bonds. The van der Waals surface area contributed by atoms with Gasteiger partial charge in [0, 0.05) is 24.6 Å². The van der Waals surface area contributed by atoms with E-state index in [0.29, 0.717) is 12.1 Å². The molecule has 0 saturated heterocycles. The van der Waals surface area contributed by atoms with E-state index in [1.54, 1.807) is 0 Å². The summed E-state index contributed by atoms with van der Waals surface area (Å²) in [4.78, 5) is 12.1. The lowest BCUT2D eigenvalue weighted by Crippen LogP contribution is -2.66. The maximum absolute atomic E-state index is 12.1. The Balaban J connectivity index is 1.82. The molecule has 2 fully saturated rings. The Labute approximate surface area is 140 Å². The van der Waals surface area contributed by atoms with Gasteiger partial charge in [-0.15, -0.1) is 0 Å². The number of carbonyl (C=O) groups excluding carboxylic acids is 1. The molecule has 2 unspecified atom stereocenters. The van der Waals surface area contributed by atoms with Gasteiger partial charge in [0.05, 0.1) is 11.6 Å². The van der Waals surface area contributed by atoms with E-state index < -0.39 is 5.60 Å². The Kier molecular flexibility index (Phi) is 5.31. The SMILES string of the molecule is CCOC1CC(NCC2(NC(=O)OC(C)(C)C)CCC2)C1(C)C. The van der Waals surface area contributed by atoms with Crippen LogP contribution in [0.3, 0.4) is 0 Å². The second kappa shape index (κ2) is 6.60. The second-order valence-electron chi connectivity index (χ2n) is 8.70. The van der Waals surface area contributed by atoms with Crippen molar-refractivity contribution in [2.24, 2.45) is 5.41 Å². The van der Waals surface area contributed by atoms with Crippen molar-refractivity contribution in [3.63, 3.8) is 0 Å². The molecule has 0 radical (unpaired) electrons. The van der Waals surface area contributed by atoms with E-state index in [0.717, 1.165) is 38.8 Å². The molecule has 0 bridgehead atoms. The predicted octanol–water partition coefficient (Wildman–Crippen LogP) is 3.23. The average Bonchev–Trinajstić information content (AvgIpc) is 2.36. The van der Waals surface area contributed by atoms with Crippen molar-refractivity contribution >= 4 is 6.09 Å². The molecule has 5 heteroatoms. The molecule has 2 aliphatic carbocycles. The fraction of sp³-hybridized carbons (Fsp3) is 0.944. The van der Waals surface area contributed by atoms with Crippen LogP contribution >= 0.6 is 0 Å². The zero-order chi connectivity index (χ0) is 17.3. The number of hydrogen-bond donors (Lipinski definition) is 2. The van der Waals surface area contributed by atoms with Crippen LogP contribution in [0.1, 0.15) is 67.2 Å². The Hall–Kier alpha value is -0.810. The minimum Gasteiger partial charge on any atom is -0.444 e. The summed E-state index contributed by atoms with van der Waals surface area (Å²) in [5, 5.41) is 6.76. The minimum atomic E-state index is -0.455. The first-order valence-electron chi connectivity index (χ1n) is 8.94. The highest BCUT2D eigenvalue weighted by molar-refractivity contribution is 5.69. The normalized spacial score (nSPS) is 28.4. The van der Waals surface area contributed by atoms with Gasteiger partial charge in [0.2, 0.25) is 0 Å². The third kappa shape index (κ3) is 4.38. The number of alkyl carbamates (subject to hydrolysis) is 1. The number of hydrogen-bond acceptors (Lipinski definition) is 4. The van der Waals surface area contributed by atoms with E-state index >= 15 is 0 Å². The molecule has 2 rings (SSSR count). The highest BCUT2D eigenvalue weighted by Gasteiger charge is 2.50. The first-order valence-corrected chi connectivity index (χ1v) is 8.94. The topological polar surface area (TPSA) is 59.6 Å². The van der Waals surface area contributed by atoms with Gasteiger partial charge in [-0.1, -0.05) is 13.8 Å². The van der Waals surface area contributed by atoms with Crippen LogP contribution in [-0.2, 0) is 9.47 Å². The van der Waals surface area contributed by atoms with E-state index in [1.807, 2.05) is 27.7 Å². The zero-order valence-corrected chi connectivity index (χ0v) is 15.6. The van der Waals surface area contributed by atoms with Crippen molar-refractivity contribution in [3.05, 3.63) is 0 Å². The molecule has 5 nitrogen and oxygen atoms in total. The molecular weight excluding hydrogens is 292 g/mol. The Morgan fingerprint density at radius 1 is 1.26 bits per heavy atom. The lowest BCUT2D eigenvalue weighted by atomic mass is 9.64. The second-order valence-corrected chi connectivity index (χ2v) is 8.70. The lowest BCUT2D eigenvalue weighted by molar-refractivity contribution is -0.115. The molecule has 0 aromatic carbocycles. The standard InChI is InChI=1S/C18H34N2O3/c1-7-22-14-11-13(17(14,5)6)19-12-18(9-8-10-18)20-15(21)23-16(2,3)4/h13-14,19H,7-12H2,1-6H3,(H,20,21). The monoisotopic (exact) mass is 326 g/mol. The summed E-state index contributed by atoms with van der Waals surface area (Å²) >= 11 is 0. The molecule has 0 aromatic rings. The summed E-state index contributed by atoms with van der Waals surface area (Å²) in [5.74, 6) is 0. The van der Waals surface area contributed by atoms with Crippen LogP contribution in [0.2, 0.25) is 0 Å². The number of nitrogens with one attached hydrogen (secondary N) is 2. The first kappa shape index (κ1) is 18.5. The van der Waals surface area contributed by atoms with E-state index in [9.17, 15) is 4.79 Å². The largest absolute Gasteiger partial charge is 0.444 e. The van der Waals surface area contributed by atoms with Gasteiger partial charge in [-0.05, 0) is 53.4 Å². The molecule has 134 valence electrons. The molecule has 2 N–H and O–H groups in total. The van der Waals surface area contributed by atoms with Gasteiger partial charge in [-0.2, -0.15) is 0 Å². The Morgan fingerprint density at radius 3 is 2.35 bits per heavy atom. The van der Waals surface area contributed by atoms with Gasteiger partial charge < -0.3 is 20.1 Å². The van der Waals surface area contributed by atoms with Gasteiger partial charge >= 0.3 is 6.09 Å².